The van der Waals surface area contributed by atoms with Gasteiger partial charge >= 0.3 is 0 Å². The Bertz CT molecular complexity index is 588. The molecule has 6 heteroatoms. The first-order valence-electron chi connectivity index (χ1n) is 6.50. The predicted molar refractivity (Wildman–Crippen MR) is 78.0 cm³/mol. The Balaban J connectivity index is 2.00. The molecule has 1 amide bonds. The Morgan fingerprint density at radius 1 is 1.35 bits per heavy atom. The third kappa shape index (κ3) is 3.16. The lowest BCUT2D eigenvalue weighted by Gasteiger charge is -2.06. The third-order valence-electron chi connectivity index (χ3n) is 3.08. The Morgan fingerprint density at radius 2 is 2.05 bits per heavy atom. The molecule has 1 aromatic carbocycles. The van der Waals surface area contributed by atoms with E-state index in [4.69, 9.17) is 5.84 Å². The summed E-state index contributed by atoms with van der Waals surface area (Å²) in [5, 5.41) is 7.24. The maximum absolute atomic E-state index is 12.0. The van der Waals surface area contributed by atoms with Gasteiger partial charge in [-0.15, -0.1) is 0 Å². The van der Waals surface area contributed by atoms with Crippen molar-refractivity contribution >= 4 is 11.6 Å². The highest BCUT2D eigenvalue weighted by molar-refractivity contribution is 5.94. The molecule has 1 aromatic heterocycles. The number of carbonyl (C=O) groups is 1. The fraction of sp³-hybridized carbons (Fsp3) is 0.286. The highest BCUT2D eigenvalue weighted by atomic mass is 16.1. The summed E-state index contributed by atoms with van der Waals surface area (Å²) in [4.78, 5) is 12.0. The van der Waals surface area contributed by atoms with Crippen molar-refractivity contribution in [1.29, 1.82) is 0 Å². The van der Waals surface area contributed by atoms with E-state index in [1.54, 1.807) is 28.9 Å². The van der Waals surface area contributed by atoms with Crippen LogP contribution in [0.4, 0.5) is 5.69 Å². The Labute approximate surface area is 117 Å². The molecule has 2 rings (SSSR count). The quantitative estimate of drug-likeness (QED) is 0.564. The zero-order valence-corrected chi connectivity index (χ0v) is 11.7. The molecule has 0 saturated heterocycles. The van der Waals surface area contributed by atoms with Crippen molar-refractivity contribution in [2.75, 3.05) is 5.43 Å². The van der Waals surface area contributed by atoms with Crippen LogP contribution in [-0.4, -0.2) is 15.7 Å². The van der Waals surface area contributed by atoms with Gasteiger partial charge in [0.25, 0.3) is 5.91 Å². The number of rotatable bonds is 5. The number of nitrogens with one attached hydrogen (secondary N) is 2. The summed E-state index contributed by atoms with van der Waals surface area (Å²) in [6.45, 7) is 2.53. The molecule has 1 heterocycles. The van der Waals surface area contributed by atoms with Crippen LogP contribution in [0.2, 0.25) is 0 Å². The molecular formula is C14H19N5O. The van der Waals surface area contributed by atoms with Gasteiger partial charge < -0.3 is 10.7 Å². The number of hydrogen-bond acceptors (Lipinski definition) is 4. The topological polar surface area (TPSA) is 85.0 Å². The van der Waals surface area contributed by atoms with Gasteiger partial charge in [0, 0.05) is 36.6 Å². The molecule has 0 atom stereocenters. The summed E-state index contributed by atoms with van der Waals surface area (Å²) < 4.78 is 1.77. The fourth-order valence-corrected chi connectivity index (χ4v) is 2.02. The Morgan fingerprint density at radius 3 is 2.65 bits per heavy atom. The lowest BCUT2D eigenvalue weighted by molar-refractivity contribution is 0.0951. The minimum Gasteiger partial charge on any atom is -0.348 e. The highest BCUT2D eigenvalue weighted by Gasteiger charge is 2.09. The van der Waals surface area contributed by atoms with E-state index in [1.807, 2.05) is 20.2 Å². The molecule has 4 N–H and O–H groups in total. The smallest absolute Gasteiger partial charge is 0.251 e. The maximum Gasteiger partial charge on any atom is 0.251 e. The monoisotopic (exact) mass is 273 g/mol. The van der Waals surface area contributed by atoms with Gasteiger partial charge in [-0.3, -0.25) is 15.3 Å². The Kier molecular flexibility index (Phi) is 4.37. The molecular weight excluding hydrogens is 254 g/mol. The van der Waals surface area contributed by atoms with Gasteiger partial charge in [0.1, 0.15) is 0 Å². The van der Waals surface area contributed by atoms with Crippen LogP contribution < -0.4 is 16.6 Å². The summed E-state index contributed by atoms with van der Waals surface area (Å²) in [5.74, 6) is 5.17. The second-order valence-corrected chi connectivity index (χ2v) is 4.53. The van der Waals surface area contributed by atoms with E-state index in [0.717, 1.165) is 23.4 Å². The number of amides is 1. The zero-order valence-electron chi connectivity index (χ0n) is 11.7. The average Bonchev–Trinajstić information content (AvgIpc) is 2.85. The van der Waals surface area contributed by atoms with Crippen molar-refractivity contribution in [3.8, 4) is 0 Å². The maximum atomic E-state index is 12.0. The van der Waals surface area contributed by atoms with Crippen LogP contribution in [0, 0.1) is 0 Å². The number of aromatic nitrogens is 2. The van der Waals surface area contributed by atoms with Crippen LogP contribution in [0.1, 0.15) is 28.5 Å². The minimum atomic E-state index is -0.112. The molecule has 0 fully saturated rings. The van der Waals surface area contributed by atoms with E-state index in [0.29, 0.717) is 12.1 Å². The highest BCUT2D eigenvalue weighted by Crippen LogP contribution is 2.09. The van der Waals surface area contributed by atoms with E-state index in [1.165, 1.54) is 0 Å². The molecule has 0 radical (unpaired) electrons. The number of hydrazine groups is 1. The number of carbonyl (C=O) groups excluding carboxylic acids is 1. The van der Waals surface area contributed by atoms with Crippen molar-refractivity contribution in [3.63, 3.8) is 0 Å². The second-order valence-electron chi connectivity index (χ2n) is 4.53. The van der Waals surface area contributed by atoms with Gasteiger partial charge in [-0.05, 0) is 30.7 Å². The normalized spacial score (nSPS) is 10.3. The fourth-order valence-electron chi connectivity index (χ4n) is 2.02. The van der Waals surface area contributed by atoms with Gasteiger partial charge in [-0.25, -0.2) is 0 Å². The van der Waals surface area contributed by atoms with Crippen LogP contribution in [0.3, 0.4) is 0 Å². The number of aryl methyl sites for hydroxylation is 2. The molecule has 0 bridgehead atoms. The van der Waals surface area contributed by atoms with Gasteiger partial charge in [0.2, 0.25) is 0 Å². The van der Waals surface area contributed by atoms with E-state index in [9.17, 15) is 4.79 Å². The van der Waals surface area contributed by atoms with E-state index < -0.39 is 0 Å². The average molecular weight is 273 g/mol. The van der Waals surface area contributed by atoms with Crippen molar-refractivity contribution in [1.82, 2.24) is 15.1 Å². The first-order valence-corrected chi connectivity index (χ1v) is 6.50. The molecule has 106 valence electrons. The zero-order chi connectivity index (χ0) is 14.5. The summed E-state index contributed by atoms with van der Waals surface area (Å²) in [7, 11) is 1.88. The Hall–Kier alpha value is -2.34. The molecule has 0 aliphatic heterocycles. The number of anilines is 1. The minimum absolute atomic E-state index is 0.112. The molecule has 0 saturated carbocycles. The molecule has 2 aromatic rings. The first kappa shape index (κ1) is 14.1. The molecule has 0 unspecified atom stereocenters. The van der Waals surface area contributed by atoms with Crippen molar-refractivity contribution in [2.45, 2.75) is 19.9 Å². The molecule has 20 heavy (non-hydrogen) atoms. The predicted octanol–water partition coefficient (Wildman–Crippen LogP) is 1.20. The van der Waals surface area contributed by atoms with Gasteiger partial charge in [-0.2, -0.15) is 5.10 Å². The van der Waals surface area contributed by atoms with Crippen LogP contribution >= 0.6 is 0 Å². The number of nitrogen functional groups attached to an aromatic ring is 1. The van der Waals surface area contributed by atoms with E-state index in [-0.39, 0.29) is 5.91 Å². The first-order chi connectivity index (χ1) is 9.63. The van der Waals surface area contributed by atoms with Gasteiger partial charge in [0.05, 0.1) is 5.69 Å². The summed E-state index contributed by atoms with van der Waals surface area (Å²) in [6.07, 6.45) is 2.78. The third-order valence-corrected chi connectivity index (χ3v) is 3.08. The molecule has 6 nitrogen and oxygen atoms in total. The van der Waals surface area contributed by atoms with Crippen LogP contribution in [0.5, 0.6) is 0 Å². The van der Waals surface area contributed by atoms with Gasteiger partial charge in [0.15, 0.2) is 0 Å². The van der Waals surface area contributed by atoms with Crippen LogP contribution in [0.15, 0.2) is 30.5 Å². The van der Waals surface area contributed by atoms with Crippen molar-refractivity contribution in [3.05, 3.63) is 47.3 Å². The summed E-state index contributed by atoms with van der Waals surface area (Å²) in [6, 6.07) is 6.98. The molecule has 0 aliphatic carbocycles. The van der Waals surface area contributed by atoms with Crippen LogP contribution in [0.25, 0.3) is 0 Å². The molecule has 0 spiro atoms. The molecule has 0 aliphatic rings. The number of hydrogen-bond donors (Lipinski definition) is 3. The lowest BCUT2D eigenvalue weighted by Crippen LogP contribution is -2.23. The number of nitrogens with zero attached hydrogens (tertiary/aromatic N) is 2. The number of nitrogens with two attached hydrogens (primary N) is 1. The summed E-state index contributed by atoms with van der Waals surface area (Å²) in [5.41, 5.74) is 5.95. The van der Waals surface area contributed by atoms with Crippen LogP contribution in [-0.2, 0) is 20.0 Å². The van der Waals surface area contributed by atoms with E-state index in [2.05, 4.69) is 15.8 Å². The van der Waals surface area contributed by atoms with Crippen molar-refractivity contribution < 1.29 is 4.79 Å². The SMILES string of the molecule is CCc1nn(C)cc1CNC(=O)c1ccc(NN)cc1. The number of benzene rings is 1. The summed E-state index contributed by atoms with van der Waals surface area (Å²) >= 11 is 0. The lowest BCUT2D eigenvalue weighted by atomic mass is 10.1. The van der Waals surface area contributed by atoms with Gasteiger partial charge in [-0.1, -0.05) is 6.92 Å². The second kappa shape index (κ2) is 6.21. The van der Waals surface area contributed by atoms with E-state index >= 15 is 0 Å². The largest absolute Gasteiger partial charge is 0.348 e. The standard InChI is InChI=1S/C14H19N5O/c1-3-13-11(9-19(2)18-13)8-16-14(20)10-4-6-12(17-15)7-5-10/h4-7,9,17H,3,8,15H2,1-2H3,(H,16,20). The van der Waals surface area contributed by atoms with Crippen molar-refractivity contribution in [2.24, 2.45) is 12.9 Å².